The van der Waals surface area contributed by atoms with Crippen LogP contribution >= 0.6 is 11.3 Å². The molecule has 0 atom stereocenters. The lowest BCUT2D eigenvalue weighted by molar-refractivity contribution is -0.118. The van der Waals surface area contributed by atoms with Gasteiger partial charge in [0.25, 0.3) is 5.91 Å². The highest BCUT2D eigenvalue weighted by Gasteiger charge is 2.17. The molecule has 0 fully saturated rings. The Morgan fingerprint density at radius 2 is 1.95 bits per heavy atom. The number of hydrogen-bond acceptors (Lipinski definition) is 4. The van der Waals surface area contributed by atoms with Gasteiger partial charge in [-0.1, -0.05) is 6.07 Å². The molecule has 2 amide bonds. The Bertz CT molecular complexity index is 683. The molecule has 0 bridgehead atoms. The second-order valence-electron chi connectivity index (χ2n) is 4.46. The minimum Gasteiger partial charge on any atom is -0.370 e. The zero-order chi connectivity index (χ0) is 16.1. The van der Waals surface area contributed by atoms with Gasteiger partial charge < -0.3 is 11.1 Å². The number of aromatic nitrogens is 1. The number of hydrogen-bond donors (Lipinski definition) is 2. The van der Waals surface area contributed by atoms with E-state index in [0.717, 1.165) is 23.5 Å². The molecule has 0 radical (unpaired) electrons. The summed E-state index contributed by atoms with van der Waals surface area (Å²) >= 11 is 0.977. The summed E-state index contributed by atoms with van der Waals surface area (Å²) in [7, 11) is 0. The molecule has 2 rings (SSSR count). The van der Waals surface area contributed by atoms with Gasteiger partial charge in [-0.25, -0.2) is 13.8 Å². The van der Waals surface area contributed by atoms with Crippen molar-refractivity contribution in [2.75, 3.05) is 6.54 Å². The molecular formula is C14H13F2N3O2S. The van der Waals surface area contributed by atoms with Crippen LogP contribution in [0.3, 0.4) is 0 Å². The number of thiazole rings is 1. The van der Waals surface area contributed by atoms with Crippen LogP contribution in [0.1, 0.15) is 23.3 Å². The van der Waals surface area contributed by atoms with Gasteiger partial charge in [-0.3, -0.25) is 9.59 Å². The van der Waals surface area contributed by atoms with Gasteiger partial charge in [0.15, 0.2) is 0 Å². The summed E-state index contributed by atoms with van der Waals surface area (Å²) in [5, 5.41) is 4.07. The normalized spacial score (nSPS) is 10.5. The van der Waals surface area contributed by atoms with Gasteiger partial charge in [0.05, 0.1) is 5.56 Å². The first-order valence-corrected chi connectivity index (χ1v) is 7.33. The molecule has 0 spiro atoms. The summed E-state index contributed by atoms with van der Waals surface area (Å²) in [4.78, 5) is 26.3. The third kappa shape index (κ3) is 3.85. The first-order chi connectivity index (χ1) is 10.5. The molecule has 8 heteroatoms. The third-order valence-corrected chi connectivity index (χ3v) is 3.66. The van der Waals surface area contributed by atoms with Gasteiger partial charge in [-0.15, -0.1) is 11.3 Å². The summed E-state index contributed by atoms with van der Waals surface area (Å²) in [6.45, 7) is 0.267. The Hall–Kier alpha value is -2.35. The van der Waals surface area contributed by atoms with Gasteiger partial charge in [-0.2, -0.15) is 0 Å². The van der Waals surface area contributed by atoms with Crippen molar-refractivity contribution < 1.29 is 18.4 Å². The second-order valence-corrected chi connectivity index (χ2v) is 5.32. The molecule has 5 nitrogen and oxygen atoms in total. The smallest absolute Gasteiger partial charge is 0.270 e. The average molecular weight is 325 g/mol. The van der Waals surface area contributed by atoms with Crippen molar-refractivity contribution in [2.45, 2.75) is 12.8 Å². The largest absolute Gasteiger partial charge is 0.370 e. The Morgan fingerprint density at radius 3 is 2.59 bits per heavy atom. The van der Waals surface area contributed by atoms with Gasteiger partial charge >= 0.3 is 0 Å². The number of carbonyl (C=O) groups excluding carboxylic acids is 2. The van der Waals surface area contributed by atoms with Crippen LogP contribution in [0.5, 0.6) is 0 Å². The van der Waals surface area contributed by atoms with Crippen LogP contribution in [-0.4, -0.2) is 23.3 Å². The molecule has 22 heavy (non-hydrogen) atoms. The maximum atomic E-state index is 13.7. The number of carbonyl (C=O) groups is 2. The Morgan fingerprint density at radius 1 is 1.27 bits per heavy atom. The highest BCUT2D eigenvalue weighted by molar-refractivity contribution is 7.13. The zero-order valence-corrected chi connectivity index (χ0v) is 12.3. The SMILES string of the molecule is NC(=O)CCCNC(=O)c1csc(-c2c(F)cccc2F)n1. The number of amides is 2. The lowest BCUT2D eigenvalue weighted by atomic mass is 10.2. The molecule has 3 N–H and O–H groups in total. The van der Waals surface area contributed by atoms with Crippen LogP contribution in [0.15, 0.2) is 23.6 Å². The van der Waals surface area contributed by atoms with Crippen molar-refractivity contribution in [3.63, 3.8) is 0 Å². The number of nitrogens with two attached hydrogens (primary N) is 1. The van der Waals surface area contributed by atoms with E-state index in [0.29, 0.717) is 6.42 Å². The molecule has 1 heterocycles. The van der Waals surface area contributed by atoms with Crippen LogP contribution in [0, 0.1) is 11.6 Å². The van der Waals surface area contributed by atoms with E-state index in [1.54, 1.807) is 0 Å². The number of benzene rings is 1. The minimum atomic E-state index is -0.734. The van der Waals surface area contributed by atoms with Crippen molar-refractivity contribution in [2.24, 2.45) is 5.73 Å². The van der Waals surface area contributed by atoms with Gasteiger partial charge in [-0.05, 0) is 18.6 Å². The molecule has 0 aliphatic heterocycles. The molecule has 1 aromatic carbocycles. The van der Waals surface area contributed by atoms with Crippen molar-refractivity contribution in [1.82, 2.24) is 10.3 Å². The fourth-order valence-electron chi connectivity index (χ4n) is 1.75. The number of nitrogens with one attached hydrogen (secondary N) is 1. The van der Waals surface area contributed by atoms with E-state index in [9.17, 15) is 18.4 Å². The second kappa shape index (κ2) is 7.08. The average Bonchev–Trinajstić information content (AvgIpc) is 2.92. The first-order valence-electron chi connectivity index (χ1n) is 6.45. The minimum absolute atomic E-state index is 0.0710. The van der Waals surface area contributed by atoms with E-state index in [4.69, 9.17) is 5.73 Å². The Kier molecular flexibility index (Phi) is 5.16. The van der Waals surface area contributed by atoms with Crippen LogP contribution in [0.25, 0.3) is 10.6 Å². The van der Waals surface area contributed by atoms with E-state index < -0.39 is 23.4 Å². The van der Waals surface area contributed by atoms with Gasteiger partial charge in [0.2, 0.25) is 5.91 Å². The summed E-state index contributed by atoms with van der Waals surface area (Å²) < 4.78 is 27.3. The fourth-order valence-corrected chi connectivity index (χ4v) is 2.60. The van der Waals surface area contributed by atoms with Crippen LogP contribution < -0.4 is 11.1 Å². The number of primary amides is 1. The molecule has 0 unspecified atom stereocenters. The molecule has 0 saturated heterocycles. The third-order valence-electron chi connectivity index (χ3n) is 2.80. The Balaban J connectivity index is 2.05. The topological polar surface area (TPSA) is 85.1 Å². The van der Waals surface area contributed by atoms with Gasteiger partial charge in [0.1, 0.15) is 22.3 Å². The van der Waals surface area contributed by atoms with Crippen LogP contribution in [0.4, 0.5) is 8.78 Å². The molecular weight excluding hydrogens is 312 g/mol. The van der Waals surface area contributed by atoms with E-state index in [2.05, 4.69) is 10.3 Å². The predicted octanol–water partition coefficient (Wildman–Crippen LogP) is 2.08. The number of rotatable bonds is 6. The lowest BCUT2D eigenvalue weighted by Gasteiger charge is -2.02. The van der Waals surface area contributed by atoms with Gasteiger partial charge in [0, 0.05) is 18.3 Å². The van der Waals surface area contributed by atoms with Crippen molar-refractivity contribution in [3.05, 3.63) is 40.9 Å². The van der Waals surface area contributed by atoms with E-state index in [1.807, 2.05) is 0 Å². The van der Waals surface area contributed by atoms with Crippen molar-refractivity contribution in [3.8, 4) is 10.6 Å². The standard InChI is InChI=1S/C14H13F2N3O2S/c15-8-3-1-4-9(16)12(8)14-19-10(7-22-14)13(21)18-6-2-5-11(17)20/h1,3-4,7H,2,5-6H2,(H2,17,20)(H,18,21). The number of nitrogens with zero attached hydrogens (tertiary/aromatic N) is 1. The van der Waals surface area contributed by atoms with E-state index in [1.165, 1.54) is 11.4 Å². The summed E-state index contributed by atoms with van der Waals surface area (Å²) in [6, 6.07) is 3.51. The predicted molar refractivity (Wildman–Crippen MR) is 78.2 cm³/mol. The highest BCUT2D eigenvalue weighted by atomic mass is 32.1. The fraction of sp³-hybridized carbons (Fsp3) is 0.214. The molecule has 0 aliphatic rings. The summed E-state index contributed by atoms with van der Waals surface area (Å²) in [6.07, 6.45) is 0.586. The Labute approximate surface area is 129 Å². The van der Waals surface area contributed by atoms with Crippen LogP contribution in [-0.2, 0) is 4.79 Å². The molecule has 0 saturated carbocycles. The molecule has 116 valence electrons. The lowest BCUT2D eigenvalue weighted by Crippen LogP contribution is -2.25. The summed E-state index contributed by atoms with van der Waals surface area (Å²) in [5.74, 6) is -2.38. The maximum absolute atomic E-state index is 13.7. The molecule has 0 aliphatic carbocycles. The zero-order valence-electron chi connectivity index (χ0n) is 11.4. The van der Waals surface area contributed by atoms with E-state index in [-0.39, 0.29) is 29.2 Å². The quantitative estimate of drug-likeness (QED) is 0.798. The monoisotopic (exact) mass is 325 g/mol. The molecule has 2 aromatic rings. The van der Waals surface area contributed by atoms with Crippen molar-refractivity contribution in [1.29, 1.82) is 0 Å². The van der Waals surface area contributed by atoms with Crippen molar-refractivity contribution >= 4 is 23.2 Å². The molecule has 1 aromatic heterocycles. The first kappa shape index (κ1) is 16.0. The highest BCUT2D eigenvalue weighted by Crippen LogP contribution is 2.28. The van der Waals surface area contributed by atoms with Crippen LogP contribution in [0.2, 0.25) is 0 Å². The van der Waals surface area contributed by atoms with E-state index >= 15 is 0 Å². The maximum Gasteiger partial charge on any atom is 0.270 e. The summed E-state index contributed by atoms with van der Waals surface area (Å²) in [5.41, 5.74) is 4.80. The number of halogens is 2.